The van der Waals surface area contributed by atoms with Crippen LogP contribution in [0.25, 0.3) is 0 Å². The van der Waals surface area contributed by atoms with Crippen LogP contribution in [0.3, 0.4) is 0 Å². The summed E-state index contributed by atoms with van der Waals surface area (Å²) >= 11 is 0. The van der Waals surface area contributed by atoms with Crippen LogP contribution in [0.4, 0.5) is 8.78 Å². The van der Waals surface area contributed by atoms with E-state index in [0.717, 1.165) is 10.9 Å². The third kappa shape index (κ3) is 1.19. The average molecular weight is 157 g/mol. The fraction of sp³-hybridized carbons (Fsp3) is 0.333. The SMILES string of the molecule is Cn1ncc(C#N)c1C(F)F. The van der Waals surface area contributed by atoms with Gasteiger partial charge in [0.25, 0.3) is 6.43 Å². The van der Waals surface area contributed by atoms with Crippen LogP contribution < -0.4 is 0 Å². The van der Waals surface area contributed by atoms with Gasteiger partial charge in [-0.25, -0.2) is 8.78 Å². The highest BCUT2D eigenvalue weighted by Gasteiger charge is 2.17. The largest absolute Gasteiger partial charge is 0.281 e. The van der Waals surface area contributed by atoms with Crippen molar-refractivity contribution in [2.45, 2.75) is 6.43 Å². The van der Waals surface area contributed by atoms with Crippen LogP contribution in [0.15, 0.2) is 6.20 Å². The van der Waals surface area contributed by atoms with Gasteiger partial charge in [-0.15, -0.1) is 0 Å². The second-order valence-electron chi connectivity index (χ2n) is 1.98. The minimum absolute atomic E-state index is 0.0671. The highest BCUT2D eigenvalue weighted by molar-refractivity contribution is 5.31. The maximum absolute atomic E-state index is 12.1. The standard InChI is InChI=1S/C6H5F2N3/c1-11-5(6(7)8)4(2-9)3-10-11/h3,6H,1H3. The molecule has 0 aromatic carbocycles. The average Bonchev–Trinajstić information content (AvgIpc) is 2.30. The molecule has 11 heavy (non-hydrogen) atoms. The fourth-order valence-corrected chi connectivity index (χ4v) is 0.792. The zero-order valence-electron chi connectivity index (χ0n) is 5.75. The first-order valence-corrected chi connectivity index (χ1v) is 2.87. The van der Waals surface area contributed by atoms with Gasteiger partial charge in [0.1, 0.15) is 11.8 Å². The molecule has 0 aliphatic rings. The van der Waals surface area contributed by atoms with Crippen molar-refractivity contribution in [3.8, 4) is 6.07 Å². The van der Waals surface area contributed by atoms with Crippen molar-refractivity contribution in [1.29, 1.82) is 5.26 Å². The summed E-state index contributed by atoms with van der Waals surface area (Å²) in [4.78, 5) is 0. The number of halogens is 2. The van der Waals surface area contributed by atoms with Crippen LogP contribution in [0.1, 0.15) is 17.7 Å². The monoisotopic (exact) mass is 157 g/mol. The summed E-state index contributed by atoms with van der Waals surface area (Å²) in [5, 5.41) is 11.9. The lowest BCUT2D eigenvalue weighted by Gasteiger charge is -1.98. The lowest BCUT2D eigenvalue weighted by atomic mass is 10.3. The predicted octanol–water partition coefficient (Wildman–Crippen LogP) is 1.23. The molecule has 0 saturated heterocycles. The van der Waals surface area contributed by atoms with Crippen LogP contribution in [-0.2, 0) is 7.05 Å². The fourth-order valence-electron chi connectivity index (χ4n) is 0.792. The summed E-state index contributed by atoms with van der Waals surface area (Å²) in [7, 11) is 1.38. The van der Waals surface area contributed by atoms with E-state index in [1.165, 1.54) is 7.05 Å². The van der Waals surface area contributed by atoms with Crippen LogP contribution in [-0.4, -0.2) is 9.78 Å². The van der Waals surface area contributed by atoms with E-state index in [-0.39, 0.29) is 11.3 Å². The molecule has 1 heterocycles. The molecular formula is C6H5F2N3. The minimum Gasteiger partial charge on any atom is -0.265 e. The molecule has 0 radical (unpaired) electrons. The number of nitriles is 1. The summed E-state index contributed by atoms with van der Waals surface area (Å²) in [5.74, 6) is 0. The van der Waals surface area contributed by atoms with Crippen molar-refractivity contribution in [3.05, 3.63) is 17.5 Å². The number of hydrogen-bond donors (Lipinski definition) is 0. The van der Waals surface area contributed by atoms with Crippen molar-refractivity contribution in [2.75, 3.05) is 0 Å². The molecule has 0 aliphatic carbocycles. The molecule has 0 fully saturated rings. The van der Waals surface area contributed by atoms with Crippen molar-refractivity contribution in [3.63, 3.8) is 0 Å². The van der Waals surface area contributed by atoms with Gasteiger partial charge in [-0.1, -0.05) is 0 Å². The minimum atomic E-state index is -2.64. The van der Waals surface area contributed by atoms with E-state index < -0.39 is 6.43 Å². The molecule has 0 saturated carbocycles. The van der Waals surface area contributed by atoms with E-state index in [1.807, 2.05) is 0 Å². The molecule has 1 aromatic rings. The van der Waals surface area contributed by atoms with E-state index in [2.05, 4.69) is 5.10 Å². The first kappa shape index (κ1) is 7.66. The highest BCUT2D eigenvalue weighted by Crippen LogP contribution is 2.20. The molecule has 0 amide bonds. The van der Waals surface area contributed by atoms with Gasteiger partial charge in [0.05, 0.1) is 11.8 Å². The zero-order valence-corrected chi connectivity index (χ0v) is 5.75. The van der Waals surface area contributed by atoms with Gasteiger partial charge in [-0.2, -0.15) is 10.4 Å². The summed E-state index contributed by atoms with van der Waals surface area (Å²) in [5.41, 5.74) is -0.394. The van der Waals surface area contributed by atoms with Crippen LogP contribution in [0, 0.1) is 11.3 Å². The molecule has 1 aromatic heterocycles. The lowest BCUT2D eigenvalue weighted by Crippen LogP contribution is -1.99. The molecule has 3 nitrogen and oxygen atoms in total. The van der Waals surface area contributed by atoms with Gasteiger partial charge in [-0.05, 0) is 0 Å². The lowest BCUT2D eigenvalue weighted by molar-refractivity contribution is 0.140. The van der Waals surface area contributed by atoms with Crippen LogP contribution >= 0.6 is 0 Å². The number of aromatic nitrogens is 2. The van der Waals surface area contributed by atoms with E-state index in [4.69, 9.17) is 5.26 Å². The number of hydrogen-bond acceptors (Lipinski definition) is 2. The quantitative estimate of drug-likeness (QED) is 0.615. The molecule has 0 bridgehead atoms. The molecule has 1 rings (SSSR count). The molecular weight excluding hydrogens is 152 g/mol. The second-order valence-corrected chi connectivity index (χ2v) is 1.98. The first-order valence-electron chi connectivity index (χ1n) is 2.87. The Morgan fingerprint density at radius 1 is 1.73 bits per heavy atom. The Kier molecular flexibility index (Phi) is 1.85. The molecule has 58 valence electrons. The summed E-state index contributed by atoms with van der Waals surface area (Å²) < 4.78 is 25.2. The number of rotatable bonds is 1. The molecule has 0 spiro atoms. The molecule has 0 atom stereocenters. The van der Waals surface area contributed by atoms with Gasteiger partial charge >= 0.3 is 0 Å². The van der Waals surface area contributed by atoms with Crippen molar-refractivity contribution in [2.24, 2.45) is 7.05 Å². The Balaban J connectivity index is 3.21. The van der Waals surface area contributed by atoms with E-state index in [0.29, 0.717) is 0 Å². The predicted molar refractivity (Wildman–Crippen MR) is 32.9 cm³/mol. The summed E-state index contributed by atoms with van der Waals surface area (Å²) in [6.45, 7) is 0. The Hall–Kier alpha value is -1.44. The summed E-state index contributed by atoms with van der Waals surface area (Å²) in [6, 6.07) is 1.63. The number of aryl methyl sites for hydroxylation is 1. The third-order valence-corrected chi connectivity index (χ3v) is 1.31. The van der Waals surface area contributed by atoms with E-state index >= 15 is 0 Å². The van der Waals surface area contributed by atoms with Gasteiger partial charge in [0.15, 0.2) is 0 Å². The zero-order chi connectivity index (χ0) is 8.43. The molecule has 5 heteroatoms. The second kappa shape index (κ2) is 2.66. The van der Waals surface area contributed by atoms with Gasteiger partial charge in [-0.3, -0.25) is 4.68 Å². The normalized spacial score (nSPS) is 10.1. The molecule has 0 unspecified atom stereocenters. The van der Waals surface area contributed by atoms with Gasteiger partial charge in [0.2, 0.25) is 0 Å². The number of nitrogens with zero attached hydrogens (tertiary/aromatic N) is 3. The van der Waals surface area contributed by atoms with Gasteiger partial charge < -0.3 is 0 Å². The maximum atomic E-state index is 12.1. The summed E-state index contributed by atoms with van der Waals surface area (Å²) in [6.07, 6.45) is -1.52. The molecule has 0 aliphatic heterocycles. The van der Waals surface area contributed by atoms with Crippen LogP contribution in [0.5, 0.6) is 0 Å². The Bertz CT molecular complexity index is 297. The maximum Gasteiger partial charge on any atom is 0.281 e. The highest BCUT2D eigenvalue weighted by atomic mass is 19.3. The Morgan fingerprint density at radius 3 is 2.73 bits per heavy atom. The molecule has 0 N–H and O–H groups in total. The Morgan fingerprint density at radius 2 is 2.36 bits per heavy atom. The smallest absolute Gasteiger partial charge is 0.265 e. The van der Waals surface area contributed by atoms with Gasteiger partial charge in [0, 0.05) is 7.05 Å². The Labute approximate surface area is 61.9 Å². The van der Waals surface area contributed by atoms with Crippen LogP contribution in [0.2, 0.25) is 0 Å². The van der Waals surface area contributed by atoms with Crippen molar-refractivity contribution in [1.82, 2.24) is 9.78 Å². The van der Waals surface area contributed by atoms with E-state index in [9.17, 15) is 8.78 Å². The van der Waals surface area contributed by atoms with Crippen molar-refractivity contribution < 1.29 is 8.78 Å². The first-order chi connectivity index (χ1) is 5.16. The number of alkyl halides is 2. The van der Waals surface area contributed by atoms with Crippen molar-refractivity contribution >= 4 is 0 Å². The third-order valence-electron chi connectivity index (χ3n) is 1.31. The topological polar surface area (TPSA) is 41.6 Å². The van der Waals surface area contributed by atoms with E-state index in [1.54, 1.807) is 6.07 Å².